The van der Waals surface area contributed by atoms with Gasteiger partial charge in [-0.3, -0.25) is 0 Å². The summed E-state index contributed by atoms with van der Waals surface area (Å²) in [4.78, 5) is 13.7. The van der Waals surface area contributed by atoms with Crippen LogP contribution in [0.4, 0.5) is 5.95 Å². The summed E-state index contributed by atoms with van der Waals surface area (Å²) in [5.41, 5.74) is 1.77. The zero-order valence-corrected chi connectivity index (χ0v) is 13.2. The highest BCUT2D eigenvalue weighted by molar-refractivity contribution is 5.94. The number of benzene rings is 2. The number of tetrazole rings is 1. The van der Waals surface area contributed by atoms with Crippen molar-refractivity contribution in [2.45, 2.75) is 13.0 Å². The summed E-state index contributed by atoms with van der Waals surface area (Å²) in [5, 5.41) is 23.7. The molecule has 0 amide bonds. The van der Waals surface area contributed by atoms with Crippen LogP contribution < -0.4 is 4.90 Å². The molecule has 1 N–H and O–H groups in total. The maximum Gasteiger partial charge on any atom is 0.335 e. The second-order valence-corrected chi connectivity index (χ2v) is 5.76. The fourth-order valence-electron chi connectivity index (χ4n) is 3.28. The molecule has 1 atom stereocenters. The van der Waals surface area contributed by atoms with Gasteiger partial charge in [-0.1, -0.05) is 47.6 Å². The van der Waals surface area contributed by atoms with Gasteiger partial charge in [-0.2, -0.15) is 4.68 Å². The Hall–Kier alpha value is -3.22. The minimum atomic E-state index is -0.974. The summed E-state index contributed by atoms with van der Waals surface area (Å²) in [6.45, 7) is 1.78. The number of hydrogen-bond acceptors (Lipinski definition) is 5. The molecule has 1 aromatic heterocycles. The smallest absolute Gasteiger partial charge is 0.335 e. The van der Waals surface area contributed by atoms with Crippen LogP contribution in [-0.4, -0.2) is 38.3 Å². The molecule has 0 bridgehead atoms. The van der Waals surface area contributed by atoms with Gasteiger partial charge in [0, 0.05) is 12.7 Å². The van der Waals surface area contributed by atoms with Crippen molar-refractivity contribution < 1.29 is 9.90 Å². The number of hydrogen-bond donors (Lipinski definition) is 1. The van der Waals surface area contributed by atoms with Crippen molar-refractivity contribution in [3.05, 3.63) is 59.3 Å². The zero-order valence-electron chi connectivity index (χ0n) is 13.2. The van der Waals surface area contributed by atoms with Crippen molar-refractivity contribution >= 4 is 22.7 Å². The van der Waals surface area contributed by atoms with Crippen LogP contribution >= 0.6 is 0 Å². The van der Waals surface area contributed by atoms with Crippen LogP contribution in [0.5, 0.6) is 0 Å². The molecule has 0 fully saturated rings. The Morgan fingerprint density at radius 2 is 1.92 bits per heavy atom. The van der Waals surface area contributed by atoms with E-state index < -0.39 is 12.0 Å². The molecule has 2 heterocycles. The number of fused-ring (bicyclic) bond motifs is 2. The van der Waals surface area contributed by atoms with Gasteiger partial charge >= 0.3 is 5.97 Å². The highest BCUT2D eigenvalue weighted by Gasteiger charge is 2.37. The van der Waals surface area contributed by atoms with E-state index in [-0.39, 0.29) is 5.57 Å². The molecule has 7 nitrogen and oxygen atoms in total. The Balaban J connectivity index is 2.05. The second kappa shape index (κ2) is 5.16. The van der Waals surface area contributed by atoms with E-state index in [1.807, 2.05) is 42.5 Å². The minimum Gasteiger partial charge on any atom is -0.478 e. The molecular formula is C17H15N5O2. The van der Waals surface area contributed by atoms with Gasteiger partial charge in [0.1, 0.15) is 6.04 Å². The summed E-state index contributed by atoms with van der Waals surface area (Å²) >= 11 is 0. The summed E-state index contributed by atoms with van der Waals surface area (Å²) in [7, 11) is 1.76. The molecule has 3 aromatic rings. The molecule has 24 heavy (non-hydrogen) atoms. The first kappa shape index (κ1) is 14.4. The fourth-order valence-corrected chi connectivity index (χ4v) is 3.28. The quantitative estimate of drug-likeness (QED) is 0.779. The SMILES string of the molecule is CC1=C(C(=O)O)C(c2cccc3ccccc23)n2nnnc2N1C. The van der Waals surface area contributed by atoms with Gasteiger partial charge in [0.25, 0.3) is 0 Å². The van der Waals surface area contributed by atoms with Crippen LogP contribution in [0.3, 0.4) is 0 Å². The third-order valence-corrected chi connectivity index (χ3v) is 4.53. The number of nitrogens with zero attached hydrogens (tertiary/aromatic N) is 5. The van der Waals surface area contributed by atoms with E-state index >= 15 is 0 Å². The maximum atomic E-state index is 12.0. The molecular weight excluding hydrogens is 306 g/mol. The fraction of sp³-hybridized carbons (Fsp3) is 0.176. The lowest BCUT2D eigenvalue weighted by molar-refractivity contribution is -0.133. The number of allylic oxidation sites excluding steroid dienone is 1. The highest BCUT2D eigenvalue weighted by atomic mass is 16.4. The number of rotatable bonds is 2. The van der Waals surface area contributed by atoms with Crippen molar-refractivity contribution in [1.29, 1.82) is 0 Å². The van der Waals surface area contributed by atoms with E-state index in [9.17, 15) is 9.90 Å². The van der Waals surface area contributed by atoms with Gasteiger partial charge in [0.2, 0.25) is 5.95 Å². The predicted molar refractivity (Wildman–Crippen MR) is 88.6 cm³/mol. The molecule has 1 unspecified atom stereocenters. The number of anilines is 1. The van der Waals surface area contributed by atoms with Gasteiger partial charge in [-0.15, -0.1) is 0 Å². The molecule has 1 aliphatic rings. The average Bonchev–Trinajstić information content (AvgIpc) is 3.07. The predicted octanol–water partition coefficient (Wildman–Crippen LogP) is 2.22. The largest absolute Gasteiger partial charge is 0.478 e. The van der Waals surface area contributed by atoms with Crippen molar-refractivity contribution in [2.75, 3.05) is 11.9 Å². The molecule has 1 aliphatic heterocycles. The van der Waals surface area contributed by atoms with Crippen LogP contribution in [-0.2, 0) is 4.79 Å². The standard InChI is InChI=1S/C17H15N5O2/c1-10-14(16(23)24)15(22-17(21(10)2)18-19-20-22)13-9-5-7-11-6-3-4-8-12(11)13/h3-9,15H,1-2H3,(H,23,24). The molecule has 120 valence electrons. The van der Waals surface area contributed by atoms with Crippen LogP contribution in [0.15, 0.2) is 53.7 Å². The average molecular weight is 321 g/mol. The first-order chi connectivity index (χ1) is 11.6. The topological polar surface area (TPSA) is 84.1 Å². The summed E-state index contributed by atoms with van der Waals surface area (Å²) < 4.78 is 1.57. The molecule has 2 aromatic carbocycles. The molecule has 0 spiro atoms. The second-order valence-electron chi connectivity index (χ2n) is 5.76. The van der Waals surface area contributed by atoms with Gasteiger partial charge in [0.15, 0.2) is 0 Å². The summed E-state index contributed by atoms with van der Waals surface area (Å²) in [6, 6.07) is 13.2. The molecule has 7 heteroatoms. The van der Waals surface area contributed by atoms with E-state index in [0.717, 1.165) is 16.3 Å². The summed E-state index contributed by atoms with van der Waals surface area (Å²) in [6.07, 6.45) is 0. The molecule has 0 radical (unpaired) electrons. The van der Waals surface area contributed by atoms with Crippen LogP contribution in [0, 0.1) is 0 Å². The Morgan fingerprint density at radius 1 is 1.17 bits per heavy atom. The third kappa shape index (κ3) is 1.91. The first-order valence-corrected chi connectivity index (χ1v) is 7.53. The Labute approximate surface area is 137 Å². The van der Waals surface area contributed by atoms with E-state index in [4.69, 9.17) is 0 Å². The van der Waals surface area contributed by atoms with E-state index in [2.05, 4.69) is 15.5 Å². The lowest BCUT2D eigenvalue weighted by Crippen LogP contribution is -2.34. The van der Waals surface area contributed by atoms with Crippen LogP contribution in [0.25, 0.3) is 10.8 Å². The summed E-state index contributed by atoms with van der Waals surface area (Å²) in [5.74, 6) is -0.450. The molecule has 0 saturated carbocycles. The monoisotopic (exact) mass is 321 g/mol. The molecule has 4 rings (SSSR count). The van der Waals surface area contributed by atoms with E-state index in [1.54, 1.807) is 23.6 Å². The molecule has 0 aliphatic carbocycles. The van der Waals surface area contributed by atoms with Crippen molar-refractivity contribution in [3.8, 4) is 0 Å². The Kier molecular flexibility index (Phi) is 3.09. The van der Waals surface area contributed by atoms with E-state index in [1.165, 1.54) is 0 Å². The number of aliphatic carboxylic acids is 1. The van der Waals surface area contributed by atoms with Crippen LogP contribution in [0.1, 0.15) is 18.5 Å². The van der Waals surface area contributed by atoms with Gasteiger partial charge in [-0.25, -0.2) is 4.79 Å². The Bertz CT molecular complexity index is 986. The van der Waals surface area contributed by atoms with Gasteiger partial charge in [-0.05, 0) is 33.7 Å². The van der Waals surface area contributed by atoms with Gasteiger partial charge < -0.3 is 10.0 Å². The Morgan fingerprint density at radius 3 is 2.71 bits per heavy atom. The minimum absolute atomic E-state index is 0.272. The zero-order chi connectivity index (χ0) is 16.8. The van der Waals surface area contributed by atoms with Crippen molar-refractivity contribution in [3.63, 3.8) is 0 Å². The van der Waals surface area contributed by atoms with Crippen molar-refractivity contribution in [2.24, 2.45) is 0 Å². The lowest BCUT2D eigenvalue weighted by Gasteiger charge is -2.32. The normalized spacial score (nSPS) is 17.2. The van der Waals surface area contributed by atoms with Crippen LogP contribution in [0.2, 0.25) is 0 Å². The maximum absolute atomic E-state index is 12.0. The van der Waals surface area contributed by atoms with Gasteiger partial charge in [0.05, 0.1) is 5.57 Å². The van der Waals surface area contributed by atoms with E-state index in [0.29, 0.717) is 11.6 Å². The number of carboxylic acid groups (broad SMARTS) is 1. The van der Waals surface area contributed by atoms with Crippen molar-refractivity contribution in [1.82, 2.24) is 20.2 Å². The number of carboxylic acids is 1. The molecule has 0 saturated heterocycles. The first-order valence-electron chi connectivity index (χ1n) is 7.53. The lowest BCUT2D eigenvalue weighted by atomic mass is 9.91. The third-order valence-electron chi connectivity index (χ3n) is 4.53. The number of carbonyl (C=O) groups is 1. The highest BCUT2D eigenvalue weighted by Crippen LogP contribution is 2.39. The number of aromatic nitrogens is 4.